The summed E-state index contributed by atoms with van der Waals surface area (Å²) in [5.74, 6) is 1.10. The number of ether oxygens (including phenoxy) is 4. The Balaban J connectivity index is 1.43. The lowest BCUT2D eigenvalue weighted by atomic mass is 9.92. The van der Waals surface area contributed by atoms with Gasteiger partial charge in [0.1, 0.15) is 24.6 Å². The first-order valence-corrected chi connectivity index (χ1v) is 8.47. The zero-order valence-corrected chi connectivity index (χ0v) is 13.6. The molecule has 0 saturated carbocycles. The van der Waals surface area contributed by atoms with Crippen molar-refractivity contribution in [2.45, 2.75) is 18.1 Å². The molecule has 0 bridgehead atoms. The van der Waals surface area contributed by atoms with Crippen LogP contribution in [0.5, 0.6) is 5.75 Å². The van der Waals surface area contributed by atoms with Gasteiger partial charge in [0.25, 0.3) is 0 Å². The molecule has 2 aromatic rings. The van der Waals surface area contributed by atoms with Crippen molar-refractivity contribution >= 4 is 0 Å². The minimum absolute atomic E-state index is 0.214. The van der Waals surface area contributed by atoms with Crippen LogP contribution in [0.4, 0.5) is 0 Å². The highest BCUT2D eigenvalue weighted by atomic mass is 16.6. The second kappa shape index (κ2) is 7.34. The van der Waals surface area contributed by atoms with Gasteiger partial charge in [-0.2, -0.15) is 0 Å². The van der Waals surface area contributed by atoms with E-state index in [1.54, 1.807) is 0 Å². The third kappa shape index (κ3) is 4.35. The fourth-order valence-corrected chi connectivity index (χ4v) is 2.70. The molecule has 0 aliphatic carbocycles. The van der Waals surface area contributed by atoms with Crippen LogP contribution in [0.3, 0.4) is 0 Å². The standard InChI is InChI=1S/C20H22O4/c1-2-4-15(5-3-1)20(14-21-10-18-11-23-18)16-6-8-17(9-7-16)22-12-19-13-24-19/h1-9,18-20H,10-14H2. The maximum atomic E-state index is 5.87. The van der Waals surface area contributed by atoms with Gasteiger partial charge in [0.2, 0.25) is 0 Å². The molecule has 2 aromatic carbocycles. The molecule has 2 aliphatic heterocycles. The van der Waals surface area contributed by atoms with Crippen molar-refractivity contribution in [3.05, 3.63) is 65.7 Å². The van der Waals surface area contributed by atoms with Gasteiger partial charge in [0.05, 0.1) is 26.4 Å². The van der Waals surface area contributed by atoms with E-state index in [0.717, 1.165) is 19.0 Å². The van der Waals surface area contributed by atoms with Crippen molar-refractivity contribution in [2.24, 2.45) is 0 Å². The summed E-state index contributed by atoms with van der Waals surface area (Å²) in [5, 5.41) is 0. The Kier molecular flexibility index (Phi) is 4.78. The van der Waals surface area contributed by atoms with E-state index in [1.807, 2.05) is 18.2 Å². The Hall–Kier alpha value is -1.88. The van der Waals surface area contributed by atoms with Crippen LogP contribution >= 0.6 is 0 Å². The summed E-state index contributed by atoms with van der Waals surface area (Å²) in [6, 6.07) is 18.8. The molecule has 2 saturated heterocycles. The van der Waals surface area contributed by atoms with Gasteiger partial charge in [-0.3, -0.25) is 0 Å². The summed E-state index contributed by atoms with van der Waals surface area (Å²) in [5.41, 5.74) is 2.49. The van der Waals surface area contributed by atoms with Crippen molar-refractivity contribution < 1.29 is 18.9 Å². The molecule has 0 amide bonds. The third-order valence-corrected chi connectivity index (χ3v) is 4.31. The average molecular weight is 326 g/mol. The third-order valence-electron chi connectivity index (χ3n) is 4.31. The van der Waals surface area contributed by atoms with Gasteiger partial charge in [-0.25, -0.2) is 0 Å². The lowest BCUT2D eigenvalue weighted by molar-refractivity contribution is 0.110. The van der Waals surface area contributed by atoms with E-state index >= 15 is 0 Å². The molecule has 0 N–H and O–H groups in total. The van der Waals surface area contributed by atoms with Gasteiger partial charge in [-0.15, -0.1) is 0 Å². The van der Waals surface area contributed by atoms with Gasteiger partial charge in [0, 0.05) is 5.92 Å². The Morgan fingerprint density at radius 3 is 2.12 bits per heavy atom. The highest BCUT2D eigenvalue weighted by Crippen LogP contribution is 2.27. The number of benzene rings is 2. The van der Waals surface area contributed by atoms with Crippen LogP contribution in [0.25, 0.3) is 0 Å². The van der Waals surface area contributed by atoms with Gasteiger partial charge in [-0.05, 0) is 23.3 Å². The van der Waals surface area contributed by atoms with E-state index in [4.69, 9.17) is 18.9 Å². The number of hydrogen-bond donors (Lipinski definition) is 0. The molecule has 0 spiro atoms. The summed E-state index contributed by atoms with van der Waals surface area (Å²) >= 11 is 0. The molecule has 0 radical (unpaired) electrons. The molecule has 4 heteroatoms. The minimum atomic E-state index is 0.214. The van der Waals surface area contributed by atoms with Gasteiger partial charge in [0.15, 0.2) is 0 Å². The first-order valence-electron chi connectivity index (χ1n) is 8.47. The predicted octanol–water partition coefficient (Wildman–Crippen LogP) is 3.01. The van der Waals surface area contributed by atoms with E-state index in [2.05, 4.69) is 36.4 Å². The van der Waals surface area contributed by atoms with Gasteiger partial charge in [-0.1, -0.05) is 42.5 Å². The molecule has 4 rings (SSSR count). The Labute approximate surface area is 142 Å². The Bertz CT molecular complexity index is 632. The molecule has 2 fully saturated rings. The van der Waals surface area contributed by atoms with Crippen molar-refractivity contribution in [2.75, 3.05) is 33.0 Å². The molecule has 2 heterocycles. The molecule has 0 aromatic heterocycles. The lowest BCUT2D eigenvalue weighted by Crippen LogP contribution is -2.12. The first-order chi connectivity index (χ1) is 11.9. The fourth-order valence-electron chi connectivity index (χ4n) is 2.70. The molecular formula is C20H22O4. The zero-order chi connectivity index (χ0) is 16.2. The SMILES string of the molecule is c1ccc(C(COCC2CO2)c2ccc(OCC3CO3)cc2)cc1. The quantitative estimate of drug-likeness (QED) is 0.665. The highest BCUT2D eigenvalue weighted by molar-refractivity contribution is 5.36. The minimum Gasteiger partial charge on any atom is -0.491 e. The largest absolute Gasteiger partial charge is 0.491 e. The van der Waals surface area contributed by atoms with Crippen molar-refractivity contribution in [1.29, 1.82) is 0 Å². The molecule has 3 atom stereocenters. The van der Waals surface area contributed by atoms with Crippen LogP contribution < -0.4 is 4.74 Å². The van der Waals surface area contributed by atoms with Crippen LogP contribution in [-0.4, -0.2) is 45.2 Å². The van der Waals surface area contributed by atoms with Crippen LogP contribution in [0.15, 0.2) is 54.6 Å². The maximum absolute atomic E-state index is 5.87. The summed E-state index contributed by atoms with van der Waals surface area (Å²) < 4.78 is 22.0. The zero-order valence-electron chi connectivity index (χ0n) is 13.6. The van der Waals surface area contributed by atoms with Crippen LogP contribution in [-0.2, 0) is 14.2 Å². The van der Waals surface area contributed by atoms with E-state index in [-0.39, 0.29) is 12.0 Å². The van der Waals surface area contributed by atoms with Crippen LogP contribution in [0, 0.1) is 0 Å². The smallest absolute Gasteiger partial charge is 0.119 e. The molecule has 24 heavy (non-hydrogen) atoms. The van der Waals surface area contributed by atoms with E-state index in [9.17, 15) is 0 Å². The molecular weight excluding hydrogens is 304 g/mol. The van der Waals surface area contributed by atoms with E-state index in [0.29, 0.717) is 25.9 Å². The highest BCUT2D eigenvalue weighted by Gasteiger charge is 2.24. The summed E-state index contributed by atoms with van der Waals surface area (Å²) in [6.45, 7) is 3.60. The van der Waals surface area contributed by atoms with E-state index in [1.165, 1.54) is 11.1 Å². The molecule has 126 valence electrons. The predicted molar refractivity (Wildman–Crippen MR) is 90.5 cm³/mol. The summed E-state index contributed by atoms with van der Waals surface area (Å²) in [6.07, 6.45) is 0.571. The van der Waals surface area contributed by atoms with Crippen molar-refractivity contribution in [1.82, 2.24) is 0 Å². The topological polar surface area (TPSA) is 43.5 Å². The fraction of sp³-hybridized carbons (Fsp3) is 0.400. The monoisotopic (exact) mass is 326 g/mol. The summed E-state index contributed by atoms with van der Waals surface area (Å²) in [4.78, 5) is 0. The van der Waals surface area contributed by atoms with Crippen molar-refractivity contribution in [3.63, 3.8) is 0 Å². The second-order valence-electron chi connectivity index (χ2n) is 6.29. The molecule has 3 unspecified atom stereocenters. The lowest BCUT2D eigenvalue weighted by Gasteiger charge is -2.18. The van der Waals surface area contributed by atoms with Crippen LogP contribution in [0.1, 0.15) is 17.0 Å². The normalized spacial score (nSPS) is 22.8. The van der Waals surface area contributed by atoms with Crippen LogP contribution in [0.2, 0.25) is 0 Å². The molecule has 2 aliphatic rings. The molecule has 4 nitrogen and oxygen atoms in total. The number of hydrogen-bond acceptors (Lipinski definition) is 4. The van der Waals surface area contributed by atoms with Gasteiger partial charge >= 0.3 is 0 Å². The second-order valence-corrected chi connectivity index (χ2v) is 6.29. The Morgan fingerprint density at radius 1 is 0.833 bits per heavy atom. The first kappa shape index (κ1) is 15.6. The van der Waals surface area contributed by atoms with Gasteiger partial charge < -0.3 is 18.9 Å². The van der Waals surface area contributed by atoms with E-state index < -0.39 is 0 Å². The summed E-state index contributed by atoms with van der Waals surface area (Å²) in [7, 11) is 0. The maximum Gasteiger partial charge on any atom is 0.119 e. The van der Waals surface area contributed by atoms with Crippen molar-refractivity contribution in [3.8, 4) is 5.75 Å². The Morgan fingerprint density at radius 2 is 1.46 bits per heavy atom. The number of epoxide rings is 2. The average Bonchev–Trinajstić information content (AvgIpc) is 3.54. The number of rotatable bonds is 9.